The van der Waals surface area contributed by atoms with Crippen molar-refractivity contribution < 1.29 is 14.3 Å². The number of allylic oxidation sites excluding steroid dienone is 3. The zero-order valence-corrected chi connectivity index (χ0v) is 16.9. The van der Waals surface area contributed by atoms with Crippen LogP contribution in [0.15, 0.2) is 29.4 Å². The van der Waals surface area contributed by atoms with Crippen molar-refractivity contribution in [2.45, 2.75) is 60.3 Å². The molecule has 25 heavy (non-hydrogen) atoms. The van der Waals surface area contributed by atoms with E-state index in [-0.39, 0.29) is 5.91 Å². The Hall–Kier alpha value is -1.88. The maximum atomic E-state index is 12.2. The van der Waals surface area contributed by atoms with Crippen LogP contribution in [0.2, 0.25) is 0 Å². The van der Waals surface area contributed by atoms with Crippen molar-refractivity contribution in [1.82, 2.24) is 0 Å². The molecule has 138 valence electrons. The second-order valence-electron chi connectivity index (χ2n) is 6.30. The molecule has 0 aliphatic heterocycles. The van der Waals surface area contributed by atoms with Crippen LogP contribution in [0.3, 0.4) is 0 Å². The fraction of sp³-hybridized carbons (Fsp3) is 0.500. The van der Waals surface area contributed by atoms with E-state index in [9.17, 15) is 9.59 Å². The molecule has 1 N–H and O–H groups in total. The van der Waals surface area contributed by atoms with Crippen LogP contribution in [-0.4, -0.2) is 18.5 Å². The van der Waals surface area contributed by atoms with Gasteiger partial charge in [-0.2, -0.15) is 0 Å². The Morgan fingerprint density at radius 1 is 1.32 bits per heavy atom. The molecule has 0 fully saturated rings. The lowest BCUT2D eigenvalue weighted by Gasteiger charge is -2.07. The molecule has 1 aromatic rings. The number of anilines is 1. The van der Waals surface area contributed by atoms with Crippen molar-refractivity contribution in [2.24, 2.45) is 0 Å². The van der Waals surface area contributed by atoms with Gasteiger partial charge in [-0.3, -0.25) is 4.79 Å². The molecule has 1 heterocycles. The summed E-state index contributed by atoms with van der Waals surface area (Å²) in [5.41, 5.74) is 2.36. The lowest BCUT2D eigenvalue weighted by molar-refractivity contribution is -0.112. The first-order valence-electron chi connectivity index (χ1n) is 8.68. The number of carbonyl (C=O) groups is 2. The maximum Gasteiger partial charge on any atom is 0.341 e. The highest BCUT2D eigenvalue weighted by Gasteiger charge is 2.21. The number of hydrogen-bond acceptors (Lipinski definition) is 4. The van der Waals surface area contributed by atoms with Crippen LogP contribution in [0.25, 0.3) is 0 Å². The van der Waals surface area contributed by atoms with Crippen LogP contribution in [-0.2, 0) is 9.53 Å². The number of rotatable bonds is 8. The summed E-state index contributed by atoms with van der Waals surface area (Å²) in [6.45, 7) is 12.0. The number of esters is 1. The Morgan fingerprint density at radius 3 is 2.56 bits per heavy atom. The third kappa shape index (κ3) is 6.50. The number of nitrogens with one attached hydrogen (secondary N) is 1. The first kappa shape index (κ1) is 21.2. The van der Waals surface area contributed by atoms with Crippen LogP contribution in [0.1, 0.15) is 75.5 Å². The molecule has 1 amide bonds. The van der Waals surface area contributed by atoms with Gasteiger partial charge in [0.25, 0.3) is 5.91 Å². The predicted molar refractivity (Wildman–Crippen MR) is 105 cm³/mol. The minimum absolute atomic E-state index is 0.196. The number of amides is 1. The van der Waals surface area contributed by atoms with Crippen molar-refractivity contribution in [3.63, 3.8) is 0 Å². The third-order valence-electron chi connectivity index (χ3n) is 3.90. The van der Waals surface area contributed by atoms with E-state index in [0.29, 0.717) is 28.7 Å². The summed E-state index contributed by atoms with van der Waals surface area (Å²) in [5, 5.41) is 3.41. The van der Waals surface area contributed by atoms with Crippen molar-refractivity contribution >= 4 is 28.2 Å². The van der Waals surface area contributed by atoms with E-state index < -0.39 is 5.97 Å². The highest BCUT2D eigenvalue weighted by Crippen LogP contribution is 2.35. The minimum Gasteiger partial charge on any atom is -0.462 e. The molecule has 0 saturated carbocycles. The smallest absolute Gasteiger partial charge is 0.341 e. The van der Waals surface area contributed by atoms with Crippen LogP contribution < -0.4 is 5.32 Å². The third-order valence-corrected chi connectivity index (χ3v) is 5.18. The summed E-state index contributed by atoms with van der Waals surface area (Å²) in [5.74, 6) is -0.282. The Balaban J connectivity index is 3.04. The molecule has 1 aromatic heterocycles. The number of ether oxygens (including phenoxy) is 1. The van der Waals surface area contributed by atoms with Gasteiger partial charge in [-0.25, -0.2) is 4.79 Å². The molecule has 4 nitrogen and oxygen atoms in total. The summed E-state index contributed by atoms with van der Waals surface area (Å²) < 4.78 is 5.13. The van der Waals surface area contributed by atoms with Gasteiger partial charge in [-0.1, -0.05) is 24.6 Å². The zero-order valence-electron chi connectivity index (χ0n) is 16.1. The monoisotopic (exact) mass is 363 g/mol. The molecule has 0 unspecified atom stereocenters. The molecule has 0 aliphatic carbocycles. The molecule has 0 radical (unpaired) electrons. The fourth-order valence-electron chi connectivity index (χ4n) is 2.20. The fourth-order valence-corrected chi connectivity index (χ4v) is 3.33. The normalized spacial score (nSPS) is 12.5. The van der Waals surface area contributed by atoms with E-state index >= 15 is 0 Å². The van der Waals surface area contributed by atoms with Crippen molar-refractivity contribution in [3.8, 4) is 0 Å². The van der Waals surface area contributed by atoms with E-state index in [0.717, 1.165) is 17.7 Å². The second-order valence-corrected chi connectivity index (χ2v) is 7.38. The first-order chi connectivity index (χ1) is 11.8. The zero-order chi connectivity index (χ0) is 19.0. The van der Waals surface area contributed by atoms with Crippen LogP contribution in [0, 0.1) is 0 Å². The van der Waals surface area contributed by atoms with Crippen LogP contribution >= 0.6 is 11.3 Å². The lowest BCUT2D eigenvalue weighted by atomic mass is 10.0. The van der Waals surface area contributed by atoms with Gasteiger partial charge in [0.2, 0.25) is 0 Å². The van der Waals surface area contributed by atoms with E-state index in [1.165, 1.54) is 16.9 Å². The average molecular weight is 364 g/mol. The predicted octanol–water partition coefficient (Wildman–Crippen LogP) is 5.68. The van der Waals surface area contributed by atoms with E-state index in [4.69, 9.17) is 4.74 Å². The van der Waals surface area contributed by atoms with Gasteiger partial charge in [-0.05, 0) is 59.4 Å². The van der Waals surface area contributed by atoms with Crippen molar-refractivity contribution in [1.29, 1.82) is 0 Å². The van der Waals surface area contributed by atoms with Crippen LogP contribution in [0.4, 0.5) is 5.00 Å². The average Bonchev–Trinajstić information content (AvgIpc) is 2.97. The number of hydrogen-bond donors (Lipinski definition) is 1. The molecule has 0 saturated heterocycles. The second kappa shape index (κ2) is 10.2. The highest BCUT2D eigenvalue weighted by atomic mass is 32.1. The number of thiophene rings is 1. The Bertz CT molecular complexity index is 666. The SMILES string of the molecule is C/C=C(\C)C(=O)Nc1sc([C@@H](C)CCC=C(C)C)cc1C(=O)OCC. The highest BCUT2D eigenvalue weighted by molar-refractivity contribution is 7.16. The van der Waals surface area contributed by atoms with Gasteiger partial charge in [0.05, 0.1) is 12.2 Å². The van der Waals surface area contributed by atoms with Gasteiger partial charge >= 0.3 is 5.97 Å². The molecular formula is C20H29NO3S. The van der Waals surface area contributed by atoms with Gasteiger partial charge in [0, 0.05) is 10.5 Å². The largest absolute Gasteiger partial charge is 0.462 e. The Kier molecular flexibility index (Phi) is 8.62. The van der Waals surface area contributed by atoms with Gasteiger partial charge in [0.15, 0.2) is 0 Å². The molecule has 1 rings (SSSR count). The molecular weight excluding hydrogens is 334 g/mol. The summed E-state index contributed by atoms with van der Waals surface area (Å²) in [6, 6.07) is 1.86. The standard InChI is InChI=1S/C20H29NO3S/c1-7-14(5)18(22)21-19-16(20(23)24-8-2)12-17(25-19)15(6)11-9-10-13(3)4/h7,10,12,15H,8-9,11H2,1-6H3,(H,21,22)/b14-7+/t15-/m0/s1. The van der Waals surface area contributed by atoms with Gasteiger partial charge in [-0.15, -0.1) is 11.3 Å². The topological polar surface area (TPSA) is 55.4 Å². The van der Waals surface area contributed by atoms with E-state index in [1.807, 2.05) is 13.0 Å². The summed E-state index contributed by atoms with van der Waals surface area (Å²) in [4.78, 5) is 25.5. The van der Waals surface area contributed by atoms with Gasteiger partial charge < -0.3 is 10.1 Å². The molecule has 0 bridgehead atoms. The lowest BCUT2D eigenvalue weighted by Crippen LogP contribution is -2.14. The Morgan fingerprint density at radius 2 is 2.00 bits per heavy atom. The maximum absolute atomic E-state index is 12.2. The molecule has 5 heteroatoms. The Labute approximate surface area is 155 Å². The quantitative estimate of drug-likeness (QED) is 0.367. The summed E-state index contributed by atoms with van der Waals surface area (Å²) in [7, 11) is 0. The molecule has 1 atom stereocenters. The van der Waals surface area contributed by atoms with Crippen molar-refractivity contribution in [2.75, 3.05) is 11.9 Å². The van der Waals surface area contributed by atoms with Crippen molar-refractivity contribution in [3.05, 3.63) is 39.8 Å². The molecule has 0 aromatic carbocycles. The van der Waals surface area contributed by atoms with E-state index in [2.05, 4.69) is 32.2 Å². The summed E-state index contributed by atoms with van der Waals surface area (Å²) in [6.07, 6.45) is 5.95. The van der Waals surface area contributed by atoms with Crippen LogP contribution in [0.5, 0.6) is 0 Å². The number of carbonyl (C=O) groups excluding carboxylic acids is 2. The molecule has 0 aliphatic rings. The first-order valence-corrected chi connectivity index (χ1v) is 9.50. The molecule has 0 spiro atoms. The van der Waals surface area contributed by atoms with E-state index in [1.54, 1.807) is 19.9 Å². The van der Waals surface area contributed by atoms with Gasteiger partial charge in [0.1, 0.15) is 5.00 Å². The minimum atomic E-state index is -0.394. The summed E-state index contributed by atoms with van der Waals surface area (Å²) >= 11 is 1.46.